The van der Waals surface area contributed by atoms with E-state index in [4.69, 9.17) is 11.6 Å². The van der Waals surface area contributed by atoms with Gasteiger partial charge in [-0.15, -0.1) is 5.10 Å². The van der Waals surface area contributed by atoms with Gasteiger partial charge in [0.1, 0.15) is 5.52 Å². The van der Waals surface area contributed by atoms with E-state index in [1.165, 1.54) is 5.56 Å². The van der Waals surface area contributed by atoms with Gasteiger partial charge in [-0.05, 0) is 42.8 Å². The van der Waals surface area contributed by atoms with Gasteiger partial charge in [0.2, 0.25) is 0 Å². The predicted molar refractivity (Wildman–Crippen MR) is 85.9 cm³/mol. The van der Waals surface area contributed by atoms with Crippen molar-refractivity contribution in [3.63, 3.8) is 0 Å². The second kappa shape index (κ2) is 6.24. The predicted octanol–water partition coefficient (Wildman–Crippen LogP) is 3.57. The molecule has 21 heavy (non-hydrogen) atoms. The van der Waals surface area contributed by atoms with Gasteiger partial charge in [-0.1, -0.05) is 41.9 Å². The Morgan fingerprint density at radius 3 is 2.86 bits per heavy atom. The fourth-order valence-electron chi connectivity index (χ4n) is 2.29. The average Bonchev–Trinajstić information content (AvgIpc) is 2.92. The summed E-state index contributed by atoms with van der Waals surface area (Å²) >= 11 is 6.42. The van der Waals surface area contributed by atoms with E-state index in [1.54, 1.807) is 4.68 Å². The molecule has 0 saturated carbocycles. The largest absolute Gasteiger partial charge is 0.313 e. The van der Waals surface area contributed by atoms with E-state index in [-0.39, 0.29) is 0 Å². The van der Waals surface area contributed by atoms with Gasteiger partial charge in [0, 0.05) is 6.54 Å². The summed E-state index contributed by atoms with van der Waals surface area (Å²) in [7, 11) is 0. The smallest absolute Gasteiger partial charge is 0.113 e. The third-order valence-electron chi connectivity index (χ3n) is 3.35. The van der Waals surface area contributed by atoms with E-state index in [0.717, 1.165) is 36.2 Å². The number of aromatic nitrogens is 3. The molecule has 0 radical (unpaired) electrons. The van der Waals surface area contributed by atoms with E-state index >= 15 is 0 Å². The summed E-state index contributed by atoms with van der Waals surface area (Å²) in [6.07, 6.45) is 1.12. The Bertz CT molecular complexity index is 751. The van der Waals surface area contributed by atoms with Crippen molar-refractivity contribution in [3.05, 3.63) is 53.1 Å². The Kier molecular flexibility index (Phi) is 4.18. The molecule has 0 saturated heterocycles. The van der Waals surface area contributed by atoms with Crippen molar-refractivity contribution in [3.8, 4) is 5.69 Å². The molecule has 1 aromatic heterocycles. The summed E-state index contributed by atoms with van der Waals surface area (Å²) < 4.78 is 1.78. The summed E-state index contributed by atoms with van der Waals surface area (Å²) in [5.41, 5.74) is 3.84. The Balaban J connectivity index is 1.92. The number of rotatable bonds is 5. The van der Waals surface area contributed by atoms with Crippen LogP contribution in [-0.4, -0.2) is 21.5 Å². The van der Waals surface area contributed by atoms with Gasteiger partial charge in [0.05, 0.1) is 16.2 Å². The lowest BCUT2D eigenvalue weighted by Gasteiger charge is -2.08. The lowest BCUT2D eigenvalue weighted by Crippen LogP contribution is -2.13. The Morgan fingerprint density at radius 2 is 2.05 bits per heavy atom. The van der Waals surface area contributed by atoms with Crippen LogP contribution in [0.4, 0.5) is 0 Å². The molecule has 108 valence electrons. The van der Waals surface area contributed by atoms with Crippen LogP contribution in [0.25, 0.3) is 16.7 Å². The monoisotopic (exact) mass is 300 g/mol. The minimum Gasteiger partial charge on any atom is -0.313 e. The molecule has 0 atom stereocenters. The van der Waals surface area contributed by atoms with E-state index in [0.29, 0.717) is 5.02 Å². The first-order valence-electron chi connectivity index (χ1n) is 7.09. The molecule has 3 rings (SSSR count). The van der Waals surface area contributed by atoms with E-state index in [2.05, 4.69) is 28.6 Å². The minimum atomic E-state index is 0.682. The van der Waals surface area contributed by atoms with Gasteiger partial charge in [-0.25, -0.2) is 4.68 Å². The zero-order chi connectivity index (χ0) is 14.7. The van der Waals surface area contributed by atoms with Crippen LogP contribution in [0.3, 0.4) is 0 Å². The van der Waals surface area contributed by atoms with Gasteiger partial charge in [0.25, 0.3) is 0 Å². The molecule has 0 aliphatic heterocycles. The molecule has 0 aliphatic carbocycles. The van der Waals surface area contributed by atoms with Crippen molar-refractivity contribution in [2.45, 2.75) is 19.9 Å². The summed E-state index contributed by atoms with van der Waals surface area (Å²) in [6, 6.07) is 13.9. The van der Waals surface area contributed by atoms with Gasteiger partial charge < -0.3 is 5.32 Å². The van der Waals surface area contributed by atoms with Crippen LogP contribution >= 0.6 is 11.6 Å². The first-order chi connectivity index (χ1) is 10.3. The molecule has 0 fully saturated rings. The van der Waals surface area contributed by atoms with Crippen molar-refractivity contribution in [2.24, 2.45) is 0 Å². The number of para-hydroxylation sites is 1. The quantitative estimate of drug-likeness (QED) is 0.733. The van der Waals surface area contributed by atoms with Crippen molar-refractivity contribution >= 4 is 22.6 Å². The first kappa shape index (κ1) is 14.0. The van der Waals surface area contributed by atoms with Crippen LogP contribution in [0.5, 0.6) is 0 Å². The lowest BCUT2D eigenvalue weighted by molar-refractivity contribution is 0.675. The van der Waals surface area contributed by atoms with Crippen molar-refractivity contribution < 1.29 is 0 Å². The van der Waals surface area contributed by atoms with Crippen LogP contribution in [0.2, 0.25) is 5.02 Å². The van der Waals surface area contributed by atoms with E-state index < -0.39 is 0 Å². The molecule has 0 amide bonds. The van der Waals surface area contributed by atoms with Gasteiger partial charge >= 0.3 is 0 Å². The SMILES string of the molecule is CCCNCc1ccc(-n2nnc3ccccc32)c(Cl)c1. The highest BCUT2D eigenvalue weighted by Gasteiger charge is 2.09. The fourth-order valence-corrected chi connectivity index (χ4v) is 2.57. The molecule has 1 heterocycles. The van der Waals surface area contributed by atoms with Crippen molar-refractivity contribution in [2.75, 3.05) is 6.54 Å². The molecule has 2 aromatic carbocycles. The van der Waals surface area contributed by atoms with Crippen LogP contribution in [0.1, 0.15) is 18.9 Å². The average molecular weight is 301 g/mol. The molecular formula is C16H17ClN4. The van der Waals surface area contributed by atoms with E-state index in [9.17, 15) is 0 Å². The topological polar surface area (TPSA) is 42.7 Å². The van der Waals surface area contributed by atoms with Crippen LogP contribution in [0, 0.1) is 0 Å². The van der Waals surface area contributed by atoms with Gasteiger partial charge in [-0.2, -0.15) is 0 Å². The molecular weight excluding hydrogens is 284 g/mol. The molecule has 0 bridgehead atoms. The number of hydrogen-bond donors (Lipinski definition) is 1. The zero-order valence-electron chi connectivity index (χ0n) is 11.9. The second-order valence-corrected chi connectivity index (χ2v) is 5.36. The molecule has 4 nitrogen and oxygen atoms in total. The molecule has 3 aromatic rings. The summed E-state index contributed by atoms with van der Waals surface area (Å²) in [6.45, 7) is 3.98. The maximum absolute atomic E-state index is 6.42. The van der Waals surface area contributed by atoms with Gasteiger partial charge in [-0.3, -0.25) is 0 Å². The first-order valence-corrected chi connectivity index (χ1v) is 7.47. The summed E-state index contributed by atoms with van der Waals surface area (Å²) in [5.74, 6) is 0. The molecule has 0 spiro atoms. The fraction of sp³-hybridized carbons (Fsp3) is 0.250. The van der Waals surface area contributed by atoms with Crippen molar-refractivity contribution in [1.82, 2.24) is 20.3 Å². The summed E-state index contributed by atoms with van der Waals surface area (Å²) in [5, 5.41) is 12.4. The van der Waals surface area contributed by atoms with Crippen LogP contribution < -0.4 is 5.32 Å². The summed E-state index contributed by atoms with van der Waals surface area (Å²) in [4.78, 5) is 0. The Morgan fingerprint density at radius 1 is 1.19 bits per heavy atom. The Hall–Kier alpha value is -1.91. The zero-order valence-corrected chi connectivity index (χ0v) is 12.6. The van der Waals surface area contributed by atoms with Crippen LogP contribution in [-0.2, 0) is 6.54 Å². The van der Waals surface area contributed by atoms with E-state index in [1.807, 2.05) is 36.4 Å². The molecule has 5 heteroatoms. The van der Waals surface area contributed by atoms with Crippen LogP contribution in [0.15, 0.2) is 42.5 Å². The maximum atomic E-state index is 6.42. The second-order valence-electron chi connectivity index (χ2n) is 4.95. The normalized spacial score (nSPS) is 11.1. The highest BCUT2D eigenvalue weighted by Crippen LogP contribution is 2.24. The number of nitrogens with zero attached hydrogens (tertiary/aromatic N) is 3. The third kappa shape index (κ3) is 2.91. The number of benzene rings is 2. The van der Waals surface area contributed by atoms with Crippen molar-refractivity contribution in [1.29, 1.82) is 0 Å². The lowest BCUT2D eigenvalue weighted by atomic mass is 10.2. The number of nitrogens with one attached hydrogen (secondary N) is 1. The van der Waals surface area contributed by atoms with Gasteiger partial charge in [0.15, 0.2) is 0 Å². The highest BCUT2D eigenvalue weighted by molar-refractivity contribution is 6.32. The molecule has 0 unspecified atom stereocenters. The number of hydrogen-bond acceptors (Lipinski definition) is 3. The number of fused-ring (bicyclic) bond motifs is 1. The maximum Gasteiger partial charge on any atom is 0.113 e. The molecule has 1 N–H and O–H groups in total. The number of halogens is 1. The standard InChI is InChI=1S/C16H17ClN4/c1-2-9-18-11-12-7-8-15(13(17)10-12)21-16-6-4-3-5-14(16)19-20-21/h3-8,10,18H,2,9,11H2,1H3. The Labute approximate surface area is 128 Å². The third-order valence-corrected chi connectivity index (χ3v) is 3.65. The highest BCUT2D eigenvalue weighted by atomic mass is 35.5. The molecule has 0 aliphatic rings. The minimum absolute atomic E-state index is 0.682.